The van der Waals surface area contributed by atoms with Gasteiger partial charge in [0.1, 0.15) is 6.04 Å². The zero-order chi connectivity index (χ0) is 17.7. The van der Waals surface area contributed by atoms with E-state index in [9.17, 15) is 9.59 Å². The van der Waals surface area contributed by atoms with Crippen LogP contribution in [-0.4, -0.2) is 27.6 Å². The molecule has 1 aromatic carbocycles. The van der Waals surface area contributed by atoms with E-state index in [4.69, 9.17) is 0 Å². The Labute approximate surface area is 142 Å². The lowest BCUT2D eigenvalue weighted by Gasteiger charge is -2.13. The van der Waals surface area contributed by atoms with Crippen LogP contribution in [0.1, 0.15) is 36.4 Å². The Morgan fingerprint density at radius 1 is 1.21 bits per heavy atom. The summed E-state index contributed by atoms with van der Waals surface area (Å²) in [5, 5.41) is 10.0. The summed E-state index contributed by atoms with van der Waals surface area (Å²) < 4.78 is 1.95. The Morgan fingerprint density at radius 3 is 2.50 bits per heavy atom. The normalized spacial score (nSPS) is 11.8. The number of amides is 2. The summed E-state index contributed by atoms with van der Waals surface area (Å²) >= 11 is 0. The number of benzene rings is 1. The number of carbonyl (C=O) groups is 2. The Hall–Kier alpha value is -2.63. The molecule has 0 bridgehead atoms. The molecule has 6 heteroatoms. The highest BCUT2D eigenvalue weighted by Gasteiger charge is 2.16. The number of hydrogen-bond acceptors (Lipinski definition) is 3. The molecule has 24 heavy (non-hydrogen) atoms. The molecule has 2 amide bonds. The van der Waals surface area contributed by atoms with E-state index in [2.05, 4.69) is 27.9 Å². The summed E-state index contributed by atoms with van der Waals surface area (Å²) in [6.07, 6.45) is 0. The van der Waals surface area contributed by atoms with Crippen molar-refractivity contribution in [1.82, 2.24) is 20.4 Å². The molecule has 0 saturated heterocycles. The van der Waals surface area contributed by atoms with E-state index in [0.29, 0.717) is 13.1 Å². The second-order valence-corrected chi connectivity index (χ2v) is 5.93. The minimum Gasteiger partial charge on any atom is -0.350 e. The van der Waals surface area contributed by atoms with Crippen LogP contribution in [0.5, 0.6) is 0 Å². The number of rotatable bonds is 6. The van der Waals surface area contributed by atoms with Gasteiger partial charge >= 0.3 is 0 Å². The molecule has 0 fully saturated rings. The van der Waals surface area contributed by atoms with E-state index in [0.717, 1.165) is 17.0 Å². The molecule has 0 saturated carbocycles. The van der Waals surface area contributed by atoms with Crippen molar-refractivity contribution in [3.05, 3.63) is 52.8 Å². The summed E-state index contributed by atoms with van der Waals surface area (Å²) in [4.78, 5) is 23.0. The lowest BCUT2D eigenvalue weighted by atomic mass is 10.2. The fourth-order valence-corrected chi connectivity index (χ4v) is 2.60. The fourth-order valence-electron chi connectivity index (χ4n) is 2.60. The molecule has 0 aliphatic rings. The maximum Gasteiger partial charge on any atom is 0.242 e. The molecule has 1 atom stereocenters. The van der Waals surface area contributed by atoms with Gasteiger partial charge in [0.2, 0.25) is 11.8 Å². The summed E-state index contributed by atoms with van der Waals surface area (Å²) in [6, 6.07) is 9.57. The third-order valence-electron chi connectivity index (χ3n) is 3.96. The van der Waals surface area contributed by atoms with Crippen molar-refractivity contribution in [2.24, 2.45) is 0 Å². The third kappa shape index (κ3) is 4.44. The van der Waals surface area contributed by atoms with Crippen molar-refractivity contribution >= 4 is 11.8 Å². The quantitative estimate of drug-likeness (QED) is 0.847. The van der Waals surface area contributed by atoms with Crippen molar-refractivity contribution in [2.75, 3.05) is 0 Å². The zero-order valence-electron chi connectivity index (χ0n) is 14.6. The summed E-state index contributed by atoms with van der Waals surface area (Å²) in [5.41, 5.74) is 4.12. The molecule has 1 heterocycles. The Bertz CT molecular complexity index is 722. The van der Waals surface area contributed by atoms with E-state index >= 15 is 0 Å². The first-order valence-electron chi connectivity index (χ1n) is 8.00. The van der Waals surface area contributed by atoms with Gasteiger partial charge < -0.3 is 10.6 Å². The Morgan fingerprint density at radius 2 is 1.88 bits per heavy atom. The molecule has 0 aliphatic heterocycles. The van der Waals surface area contributed by atoms with Crippen LogP contribution in [0.15, 0.2) is 30.3 Å². The second-order valence-electron chi connectivity index (χ2n) is 5.93. The van der Waals surface area contributed by atoms with Crippen molar-refractivity contribution < 1.29 is 9.59 Å². The van der Waals surface area contributed by atoms with E-state index in [1.54, 1.807) is 6.92 Å². The van der Waals surface area contributed by atoms with Gasteiger partial charge in [-0.15, -0.1) is 0 Å². The van der Waals surface area contributed by atoms with Gasteiger partial charge in [0.05, 0.1) is 12.2 Å². The van der Waals surface area contributed by atoms with Gasteiger partial charge in [-0.25, -0.2) is 0 Å². The van der Waals surface area contributed by atoms with Crippen LogP contribution in [0.4, 0.5) is 0 Å². The molecule has 1 unspecified atom stereocenters. The largest absolute Gasteiger partial charge is 0.350 e. The number of nitrogens with one attached hydrogen (secondary N) is 2. The molecule has 2 aromatic rings. The average molecular weight is 328 g/mol. The van der Waals surface area contributed by atoms with E-state index in [-0.39, 0.29) is 11.8 Å². The predicted octanol–water partition coefficient (Wildman–Crippen LogP) is 1.69. The van der Waals surface area contributed by atoms with E-state index in [1.165, 1.54) is 12.5 Å². The van der Waals surface area contributed by atoms with Crippen LogP contribution in [-0.2, 0) is 22.7 Å². The minimum absolute atomic E-state index is 0.209. The summed E-state index contributed by atoms with van der Waals surface area (Å²) in [5.74, 6) is -0.430. The smallest absolute Gasteiger partial charge is 0.242 e. The van der Waals surface area contributed by atoms with Gasteiger partial charge in [-0.3, -0.25) is 14.3 Å². The molecule has 2 N–H and O–H groups in total. The van der Waals surface area contributed by atoms with Crippen LogP contribution in [0.2, 0.25) is 0 Å². The topological polar surface area (TPSA) is 76.0 Å². The van der Waals surface area contributed by atoms with Gasteiger partial charge in [0.25, 0.3) is 0 Å². The minimum atomic E-state index is -0.553. The standard InChI is InChI=1S/C18H24N4O2/c1-12-17(10-19-18(24)13(2)20-15(4)23)14(3)22(21-12)11-16-8-6-5-7-9-16/h5-9,13H,10-11H2,1-4H3,(H,19,24)(H,20,23). The first-order chi connectivity index (χ1) is 11.4. The molecule has 0 spiro atoms. The van der Waals surface area contributed by atoms with Gasteiger partial charge in [-0.05, 0) is 26.3 Å². The van der Waals surface area contributed by atoms with Crippen molar-refractivity contribution in [2.45, 2.75) is 46.8 Å². The van der Waals surface area contributed by atoms with E-state index < -0.39 is 6.04 Å². The van der Waals surface area contributed by atoms with Crippen LogP contribution in [0.3, 0.4) is 0 Å². The van der Waals surface area contributed by atoms with Gasteiger partial charge in [0, 0.05) is 24.7 Å². The first kappa shape index (κ1) is 17.7. The van der Waals surface area contributed by atoms with Gasteiger partial charge in [0.15, 0.2) is 0 Å². The van der Waals surface area contributed by atoms with Crippen LogP contribution >= 0.6 is 0 Å². The van der Waals surface area contributed by atoms with Gasteiger partial charge in [-0.2, -0.15) is 5.10 Å². The lowest BCUT2D eigenvalue weighted by molar-refractivity contribution is -0.127. The molecule has 2 rings (SSSR count). The van der Waals surface area contributed by atoms with Crippen LogP contribution in [0.25, 0.3) is 0 Å². The number of aryl methyl sites for hydroxylation is 1. The number of hydrogen-bond donors (Lipinski definition) is 2. The highest BCUT2D eigenvalue weighted by Crippen LogP contribution is 2.14. The highest BCUT2D eigenvalue weighted by molar-refractivity contribution is 5.86. The highest BCUT2D eigenvalue weighted by atomic mass is 16.2. The molecular weight excluding hydrogens is 304 g/mol. The molecule has 1 aromatic heterocycles. The number of nitrogens with zero attached hydrogens (tertiary/aromatic N) is 2. The molecule has 0 radical (unpaired) electrons. The molecular formula is C18H24N4O2. The second kappa shape index (κ2) is 7.77. The molecule has 0 aliphatic carbocycles. The Balaban J connectivity index is 2.04. The number of aromatic nitrogens is 2. The SMILES string of the molecule is CC(=O)NC(C)C(=O)NCc1c(C)nn(Cc2ccccc2)c1C. The zero-order valence-corrected chi connectivity index (χ0v) is 14.6. The fraction of sp³-hybridized carbons (Fsp3) is 0.389. The van der Waals surface area contributed by atoms with Crippen LogP contribution in [0, 0.1) is 13.8 Å². The Kier molecular flexibility index (Phi) is 5.73. The van der Waals surface area contributed by atoms with Crippen molar-refractivity contribution in [3.8, 4) is 0 Å². The molecule has 128 valence electrons. The summed E-state index contributed by atoms with van der Waals surface area (Å²) in [7, 11) is 0. The monoisotopic (exact) mass is 328 g/mol. The van der Waals surface area contributed by atoms with Crippen molar-refractivity contribution in [3.63, 3.8) is 0 Å². The average Bonchev–Trinajstić information content (AvgIpc) is 2.79. The van der Waals surface area contributed by atoms with Gasteiger partial charge in [-0.1, -0.05) is 30.3 Å². The third-order valence-corrected chi connectivity index (χ3v) is 3.96. The van der Waals surface area contributed by atoms with Crippen LogP contribution < -0.4 is 10.6 Å². The maximum atomic E-state index is 12.0. The van der Waals surface area contributed by atoms with Crippen molar-refractivity contribution in [1.29, 1.82) is 0 Å². The maximum absolute atomic E-state index is 12.0. The number of carbonyl (C=O) groups excluding carboxylic acids is 2. The first-order valence-corrected chi connectivity index (χ1v) is 8.00. The summed E-state index contributed by atoms with van der Waals surface area (Å²) in [6.45, 7) is 8.09. The predicted molar refractivity (Wildman–Crippen MR) is 92.4 cm³/mol. The molecule has 6 nitrogen and oxygen atoms in total. The lowest BCUT2D eigenvalue weighted by Crippen LogP contribution is -2.43. The van der Waals surface area contributed by atoms with E-state index in [1.807, 2.05) is 36.7 Å².